The zero-order chi connectivity index (χ0) is 43.3. The Hall–Kier alpha value is -6.52. The predicted octanol–water partition coefficient (Wildman–Crippen LogP) is 14.7. The van der Waals surface area contributed by atoms with Gasteiger partial charge in [-0.25, -0.2) is 0 Å². The van der Waals surface area contributed by atoms with Crippen LogP contribution in [0.25, 0.3) is 27.5 Å². The van der Waals surface area contributed by atoms with Gasteiger partial charge in [-0.15, -0.1) is 0 Å². The van der Waals surface area contributed by atoms with Gasteiger partial charge >= 0.3 is 0 Å². The van der Waals surface area contributed by atoms with Gasteiger partial charge in [-0.3, -0.25) is 0 Å². The minimum atomic E-state index is 0.189. The van der Waals surface area contributed by atoms with E-state index in [9.17, 15) is 0 Å². The van der Waals surface area contributed by atoms with Gasteiger partial charge < -0.3 is 19.3 Å². The number of anilines is 2. The van der Waals surface area contributed by atoms with Gasteiger partial charge in [-0.2, -0.15) is 0 Å². The minimum Gasteiger partial charge on any atom is -0.364 e. The third-order valence-corrected chi connectivity index (χ3v) is 15.5. The van der Waals surface area contributed by atoms with E-state index in [0.29, 0.717) is 29.8 Å². The quantitative estimate of drug-likeness (QED) is 0.156. The van der Waals surface area contributed by atoms with Gasteiger partial charge in [0.15, 0.2) is 0 Å². The summed E-state index contributed by atoms with van der Waals surface area (Å²) in [7, 11) is 0. The van der Waals surface area contributed by atoms with E-state index < -0.39 is 0 Å². The molecule has 7 atom stereocenters. The number of benzene rings is 3. The lowest BCUT2D eigenvalue weighted by Crippen LogP contribution is -2.40. The summed E-state index contributed by atoms with van der Waals surface area (Å²) in [6.07, 6.45) is 57.7. The van der Waals surface area contributed by atoms with Crippen LogP contribution in [0.3, 0.4) is 0 Å². The number of para-hydroxylation sites is 2. The maximum atomic E-state index is 2.82. The van der Waals surface area contributed by atoms with Gasteiger partial charge in [0.25, 0.3) is 0 Å². The third-order valence-electron chi connectivity index (χ3n) is 15.5. The lowest BCUT2D eigenvalue weighted by molar-refractivity contribution is 0.217. The van der Waals surface area contributed by atoms with Gasteiger partial charge in [-0.05, 0) is 136 Å². The van der Waals surface area contributed by atoms with Crippen LogP contribution in [0.5, 0.6) is 0 Å². The number of fused-ring (bicyclic) bond motifs is 6. The average Bonchev–Trinajstić information content (AvgIpc) is 3.88. The minimum absolute atomic E-state index is 0.189. The van der Waals surface area contributed by atoms with Crippen molar-refractivity contribution in [3.8, 4) is 0 Å². The van der Waals surface area contributed by atoms with E-state index in [0.717, 1.165) is 44.9 Å². The van der Waals surface area contributed by atoms with Crippen molar-refractivity contribution in [1.29, 1.82) is 0 Å². The fraction of sp³-hybridized carbons (Fsp3) is 0.279. The first-order valence-corrected chi connectivity index (χ1v) is 24.5. The summed E-state index contributed by atoms with van der Waals surface area (Å²) in [4.78, 5) is 8.10. The summed E-state index contributed by atoms with van der Waals surface area (Å²) in [5, 5.41) is 2.61. The molecule has 4 heteroatoms. The van der Waals surface area contributed by atoms with Crippen molar-refractivity contribution >= 4 is 38.9 Å². The van der Waals surface area contributed by atoms with E-state index in [2.05, 4.69) is 221 Å². The van der Waals surface area contributed by atoms with Crippen molar-refractivity contribution in [2.24, 2.45) is 17.8 Å². The molecule has 7 unspecified atom stereocenters. The van der Waals surface area contributed by atoms with Crippen molar-refractivity contribution in [2.75, 3.05) is 4.90 Å². The molecule has 12 rings (SSSR count). The van der Waals surface area contributed by atoms with Crippen LogP contribution >= 0.6 is 0 Å². The molecule has 0 radical (unpaired) electrons. The monoisotopic (exact) mass is 848 g/mol. The molecule has 7 aliphatic carbocycles. The van der Waals surface area contributed by atoms with Crippen LogP contribution in [0.15, 0.2) is 223 Å². The van der Waals surface area contributed by atoms with Gasteiger partial charge in [0, 0.05) is 62.8 Å². The largest absolute Gasteiger partial charge is 0.364 e. The van der Waals surface area contributed by atoms with E-state index in [1.165, 1.54) is 74.3 Å². The molecule has 4 nitrogen and oxygen atoms in total. The van der Waals surface area contributed by atoms with E-state index in [1.807, 2.05) is 0 Å². The average molecular weight is 849 g/mol. The van der Waals surface area contributed by atoms with Gasteiger partial charge in [-0.1, -0.05) is 141 Å². The highest BCUT2D eigenvalue weighted by molar-refractivity contribution is 6.11. The van der Waals surface area contributed by atoms with E-state index in [4.69, 9.17) is 0 Å². The molecule has 324 valence electrons. The Morgan fingerprint density at radius 3 is 2.15 bits per heavy atom. The van der Waals surface area contributed by atoms with E-state index >= 15 is 0 Å². The fourth-order valence-electron chi connectivity index (χ4n) is 12.4. The summed E-state index contributed by atoms with van der Waals surface area (Å²) < 4.78 is 2.48. The molecular weight excluding hydrogens is 789 g/mol. The second-order valence-electron chi connectivity index (χ2n) is 19.3. The molecule has 3 aromatic carbocycles. The number of rotatable bonds is 9. The molecule has 4 aromatic rings. The maximum Gasteiger partial charge on any atom is 0.0560 e. The predicted molar refractivity (Wildman–Crippen MR) is 273 cm³/mol. The van der Waals surface area contributed by atoms with Gasteiger partial charge in [0.1, 0.15) is 0 Å². The van der Waals surface area contributed by atoms with Gasteiger partial charge in [0.2, 0.25) is 0 Å². The van der Waals surface area contributed by atoms with Crippen molar-refractivity contribution in [3.05, 3.63) is 223 Å². The molecule has 0 amide bonds. The van der Waals surface area contributed by atoms with Crippen LogP contribution in [-0.2, 0) is 0 Å². The topological polar surface area (TPSA) is 14.7 Å². The highest BCUT2D eigenvalue weighted by atomic mass is 15.2. The lowest BCUT2D eigenvalue weighted by Gasteiger charge is -2.42. The Balaban J connectivity index is 0.814. The van der Waals surface area contributed by atoms with Crippen molar-refractivity contribution in [2.45, 2.75) is 88.9 Å². The van der Waals surface area contributed by atoms with Crippen molar-refractivity contribution in [1.82, 2.24) is 14.4 Å². The Kier molecular flexibility index (Phi) is 10.5. The van der Waals surface area contributed by atoms with Crippen LogP contribution in [0.1, 0.15) is 64.7 Å². The number of likely N-dealkylation sites (tertiary alicyclic amines) is 1. The Morgan fingerprint density at radius 1 is 0.600 bits per heavy atom. The molecule has 1 aromatic heterocycles. The Labute approximate surface area is 385 Å². The molecule has 8 aliphatic rings. The second kappa shape index (κ2) is 17.1. The van der Waals surface area contributed by atoms with Crippen LogP contribution in [0, 0.1) is 17.8 Å². The molecule has 2 heterocycles. The standard InChI is InChI=1S/C61H60N4/c1-43-17-11-14-26-57(43)63(52-38-40-61-56(42-52)54-25-13-16-28-59(54)65(61)48-22-9-4-10-23-48)50-35-31-45(32-36-50)44-29-33-49(34-30-44)62(46-18-5-2-6-19-46)51-37-39-60-55(41-51)53-24-12-15-27-58(53)64(60)47-20-7-3-8-21-47/h2-7,9,11-16,18-20,24-33,35,37-41,43,48-50,54,56,59H,8,10,17,21-23,34,36,42H2,1H3. The first-order valence-electron chi connectivity index (χ1n) is 24.5. The molecule has 65 heavy (non-hydrogen) atoms. The lowest BCUT2D eigenvalue weighted by atomic mass is 9.81. The number of allylic oxidation sites excluding steroid dienone is 19. The number of hydrogen-bond acceptors (Lipinski definition) is 3. The zero-order valence-electron chi connectivity index (χ0n) is 37.7. The van der Waals surface area contributed by atoms with Crippen LogP contribution in [-0.4, -0.2) is 38.5 Å². The summed E-state index contributed by atoms with van der Waals surface area (Å²) >= 11 is 0. The molecule has 0 saturated carbocycles. The van der Waals surface area contributed by atoms with E-state index in [1.54, 1.807) is 5.70 Å². The smallest absolute Gasteiger partial charge is 0.0560 e. The van der Waals surface area contributed by atoms with Crippen LogP contribution < -0.4 is 4.90 Å². The van der Waals surface area contributed by atoms with E-state index in [-0.39, 0.29) is 12.1 Å². The summed E-state index contributed by atoms with van der Waals surface area (Å²) in [5.74, 6) is 1.50. The second-order valence-corrected chi connectivity index (χ2v) is 19.3. The Bertz CT molecular complexity index is 2930. The highest BCUT2D eigenvalue weighted by Gasteiger charge is 2.47. The number of aromatic nitrogens is 1. The van der Waals surface area contributed by atoms with Crippen molar-refractivity contribution < 1.29 is 0 Å². The highest BCUT2D eigenvalue weighted by Crippen LogP contribution is 2.50. The molecule has 1 aliphatic heterocycles. The van der Waals surface area contributed by atoms with Gasteiger partial charge in [0.05, 0.1) is 29.2 Å². The Morgan fingerprint density at radius 2 is 1.38 bits per heavy atom. The molecular formula is C61H60N4. The maximum absolute atomic E-state index is 2.82. The molecule has 1 fully saturated rings. The summed E-state index contributed by atoms with van der Waals surface area (Å²) in [5.41, 5.74) is 13.5. The first kappa shape index (κ1) is 40.0. The van der Waals surface area contributed by atoms with Crippen LogP contribution in [0.2, 0.25) is 0 Å². The molecule has 0 bridgehead atoms. The van der Waals surface area contributed by atoms with Crippen molar-refractivity contribution in [3.63, 3.8) is 0 Å². The normalized spacial score (nSPS) is 27.8. The molecule has 0 spiro atoms. The summed E-state index contributed by atoms with van der Waals surface area (Å²) in [6, 6.07) is 28.5. The number of nitrogens with zero attached hydrogens (tertiary/aromatic N) is 4. The molecule has 0 N–H and O–H groups in total. The SMILES string of the molecule is CC1CC=CC=C1N(C1=CC=C2C(C1)C1C=CC=CC1N2C1CC=CCC1)C1C=CC(C2=CCC(N(c3ccccc3)c3ccc4c(c3)c3ccccc3n4C3=CC=CCC3)C=C2)=CC1. The van der Waals surface area contributed by atoms with Crippen LogP contribution in [0.4, 0.5) is 11.4 Å². The zero-order valence-corrected chi connectivity index (χ0v) is 37.7. The first-order chi connectivity index (χ1) is 32.2. The third kappa shape index (κ3) is 7.23. The fourth-order valence-corrected chi connectivity index (χ4v) is 12.4. The summed E-state index contributed by atoms with van der Waals surface area (Å²) in [6.45, 7) is 2.41. The number of hydrogen-bond donors (Lipinski definition) is 0. The molecule has 1 saturated heterocycles.